The van der Waals surface area contributed by atoms with Crippen LogP contribution in [-0.4, -0.2) is 33.7 Å². The smallest absolute Gasteiger partial charge is 0.223 e. The number of carbonyl (C=O) groups excluding carboxylic acids is 1. The van der Waals surface area contributed by atoms with Gasteiger partial charge in [0.15, 0.2) is 0 Å². The molecule has 4 rings (SSSR count). The monoisotopic (exact) mass is 400 g/mol. The first kappa shape index (κ1) is 20.1. The Balaban J connectivity index is 1.26. The second-order valence-electron chi connectivity index (χ2n) is 9.10. The van der Waals surface area contributed by atoms with E-state index in [0.29, 0.717) is 35.4 Å². The second kappa shape index (κ2) is 7.90. The van der Waals surface area contributed by atoms with Crippen molar-refractivity contribution in [2.45, 2.75) is 70.1 Å². The Labute approximate surface area is 170 Å². The van der Waals surface area contributed by atoms with E-state index in [9.17, 15) is 14.3 Å². The minimum Gasteiger partial charge on any atom is -0.488 e. The molecule has 2 N–H and O–H groups in total. The molecule has 1 aromatic heterocycles. The van der Waals surface area contributed by atoms with Gasteiger partial charge >= 0.3 is 0 Å². The molecular weight excluding hydrogens is 371 g/mol. The fraction of sp³-hybridized carbons (Fsp3) is 0.565. The van der Waals surface area contributed by atoms with Gasteiger partial charge in [0.25, 0.3) is 0 Å². The first-order valence-electron chi connectivity index (χ1n) is 10.5. The molecule has 0 atom stereocenters. The van der Waals surface area contributed by atoms with Gasteiger partial charge in [-0.05, 0) is 70.4 Å². The third-order valence-electron chi connectivity index (χ3n) is 6.47. The molecule has 2 aliphatic carbocycles. The number of nitrogens with zero attached hydrogens (tertiary/aromatic N) is 1. The number of carbonyl (C=O) groups is 1. The SMILES string of the molecule is CC(C)(O)C1CCC(NC(=O)C2CC(Oc3cccc4cc(F)cnc34)C2)CC1. The lowest BCUT2D eigenvalue weighted by atomic mass is 9.76. The summed E-state index contributed by atoms with van der Waals surface area (Å²) in [5, 5.41) is 14.0. The summed E-state index contributed by atoms with van der Waals surface area (Å²) in [6, 6.07) is 7.12. The molecule has 29 heavy (non-hydrogen) atoms. The van der Waals surface area contributed by atoms with Gasteiger partial charge in [0.2, 0.25) is 5.91 Å². The molecule has 0 radical (unpaired) electrons. The molecule has 6 heteroatoms. The lowest BCUT2D eigenvalue weighted by Gasteiger charge is -2.38. The van der Waals surface area contributed by atoms with Crippen molar-refractivity contribution < 1.29 is 19.0 Å². The van der Waals surface area contributed by atoms with Gasteiger partial charge in [-0.2, -0.15) is 0 Å². The van der Waals surface area contributed by atoms with Crippen molar-refractivity contribution in [3.8, 4) is 5.75 Å². The number of hydrogen-bond acceptors (Lipinski definition) is 4. The molecule has 0 saturated heterocycles. The van der Waals surface area contributed by atoms with E-state index in [-0.39, 0.29) is 29.8 Å². The molecule has 0 aliphatic heterocycles. The van der Waals surface area contributed by atoms with Crippen LogP contribution in [0.15, 0.2) is 30.5 Å². The van der Waals surface area contributed by atoms with Gasteiger partial charge < -0.3 is 15.2 Å². The quantitative estimate of drug-likeness (QED) is 0.796. The molecule has 2 aliphatic rings. The van der Waals surface area contributed by atoms with Gasteiger partial charge in [0, 0.05) is 17.3 Å². The van der Waals surface area contributed by atoms with Crippen LogP contribution in [0.25, 0.3) is 10.9 Å². The van der Waals surface area contributed by atoms with Gasteiger partial charge in [0.05, 0.1) is 11.8 Å². The molecule has 2 fully saturated rings. The molecule has 156 valence electrons. The van der Waals surface area contributed by atoms with E-state index in [1.54, 1.807) is 0 Å². The molecule has 2 saturated carbocycles. The third kappa shape index (κ3) is 4.53. The highest BCUT2D eigenvalue weighted by molar-refractivity contribution is 5.84. The summed E-state index contributed by atoms with van der Waals surface area (Å²) in [7, 11) is 0. The minimum absolute atomic E-state index is 0.0193. The Morgan fingerprint density at radius 3 is 2.66 bits per heavy atom. The zero-order chi connectivity index (χ0) is 20.6. The molecule has 1 aromatic carbocycles. The topological polar surface area (TPSA) is 71.5 Å². The van der Waals surface area contributed by atoms with Gasteiger partial charge in [0.1, 0.15) is 23.2 Å². The maximum absolute atomic E-state index is 13.4. The number of ether oxygens (including phenoxy) is 1. The Morgan fingerprint density at radius 2 is 1.97 bits per heavy atom. The summed E-state index contributed by atoms with van der Waals surface area (Å²) in [5.41, 5.74) is 0.000753. The van der Waals surface area contributed by atoms with Gasteiger partial charge in [-0.15, -0.1) is 0 Å². The molecule has 0 unspecified atom stereocenters. The number of para-hydroxylation sites is 1. The molecule has 5 nitrogen and oxygen atoms in total. The average Bonchev–Trinajstić information content (AvgIpc) is 2.63. The van der Waals surface area contributed by atoms with Crippen LogP contribution in [0.2, 0.25) is 0 Å². The van der Waals surface area contributed by atoms with Crippen LogP contribution in [0, 0.1) is 17.7 Å². The summed E-state index contributed by atoms with van der Waals surface area (Å²) >= 11 is 0. The highest BCUT2D eigenvalue weighted by Gasteiger charge is 2.38. The molecular formula is C23H29FN2O3. The number of aliphatic hydroxyl groups is 1. The Morgan fingerprint density at radius 1 is 1.24 bits per heavy atom. The standard InChI is InChI=1S/C23H29FN2O3/c1-23(2,28)16-6-8-18(9-7-16)26-22(27)15-11-19(12-15)29-20-5-3-4-14-10-17(24)13-25-21(14)20/h3-5,10,13,15-16,18-19,28H,6-9,11-12H2,1-2H3,(H,26,27). The number of benzene rings is 1. The van der Waals surface area contributed by atoms with E-state index >= 15 is 0 Å². The number of hydrogen-bond donors (Lipinski definition) is 2. The molecule has 0 bridgehead atoms. The van der Waals surface area contributed by atoms with Crippen LogP contribution in [-0.2, 0) is 4.79 Å². The largest absolute Gasteiger partial charge is 0.488 e. The zero-order valence-electron chi connectivity index (χ0n) is 17.0. The minimum atomic E-state index is -0.643. The number of pyridine rings is 1. The van der Waals surface area contributed by atoms with Gasteiger partial charge in [-0.1, -0.05) is 12.1 Å². The molecule has 0 spiro atoms. The number of aromatic nitrogens is 1. The Kier molecular flexibility index (Phi) is 5.47. The van der Waals surface area contributed by atoms with Crippen molar-refractivity contribution in [3.05, 3.63) is 36.3 Å². The summed E-state index contributed by atoms with van der Waals surface area (Å²) in [6.45, 7) is 3.74. The van der Waals surface area contributed by atoms with Crippen LogP contribution in [0.5, 0.6) is 5.75 Å². The normalized spacial score (nSPS) is 27.3. The van der Waals surface area contributed by atoms with Crippen molar-refractivity contribution in [2.24, 2.45) is 11.8 Å². The predicted molar refractivity (Wildman–Crippen MR) is 109 cm³/mol. The Bertz CT molecular complexity index is 881. The maximum Gasteiger partial charge on any atom is 0.223 e. The molecule has 1 amide bonds. The van der Waals surface area contributed by atoms with Gasteiger partial charge in [-0.25, -0.2) is 9.37 Å². The predicted octanol–water partition coefficient (Wildman–Crippen LogP) is 3.98. The number of halogens is 1. The van der Waals surface area contributed by atoms with Crippen LogP contribution >= 0.6 is 0 Å². The lowest BCUT2D eigenvalue weighted by molar-refractivity contribution is -0.131. The maximum atomic E-state index is 13.4. The van der Waals surface area contributed by atoms with E-state index in [1.165, 1.54) is 12.3 Å². The van der Waals surface area contributed by atoms with Gasteiger partial charge in [-0.3, -0.25) is 4.79 Å². The first-order chi connectivity index (χ1) is 13.8. The van der Waals surface area contributed by atoms with Crippen molar-refractivity contribution in [1.82, 2.24) is 10.3 Å². The van der Waals surface area contributed by atoms with E-state index in [1.807, 2.05) is 32.0 Å². The molecule has 2 aromatic rings. The number of rotatable bonds is 5. The van der Waals surface area contributed by atoms with Crippen molar-refractivity contribution in [1.29, 1.82) is 0 Å². The number of nitrogens with one attached hydrogen (secondary N) is 1. The van der Waals surface area contributed by atoms with Crippen molar-refractivity contribution in [3.63, 3.8) is 0 Å². The van der Waals surface area contributed by atoms with Crippen molar-refractivity contribution >= 4 is 16.8 Å². The van der Waals surface area contributed by atoms with Crippen LogP contribution in [0.3, 0.4) is 0 Å². The molecule has 1 heterocycles. The summed E-state index contributed by atoms with van der Waals surface area (Å²) in [6.07, 6.45) is 6.27. The van der Waals surface area contributed by atoms with Crippen LogP contribution in [0.1, 0.15) is 52.4 Å². The van der Waals surface area contributed by atoms with E-state index in [2.05, 4.69) is 10.3 Å². The fourth-order valence-electron chi connectivity index (χ4n) is 4.52. The summed E-state index contributed by atoms with van der Waals surface area (Å²) < 4.78 is 19.4. The first-order valence-corrected chi connectivity index (χ1v) is 10.5. The van der Waals surface area contributed by atoms with E-state index in [0.717, 1.165) is 25.7 Å². The highest BCUT2D eigenvalue weighted by Crippen LogP contribution is 2.36. The van der Waals surface area contributed by atoms with Crippen molar-refractivity contribution in [2.75, 3.05) is 0 Å². The second-order valence-corrected chi connectivity index (χ2v) is 9.10. The summed E-state index contributed by atoms with van der Waals surface area (Å²) in [4.78, 5) is 16.7. The average molecular weight is 400 g/mol. The highest BCUT2D eigenvalue weighted by atomic mass is 19.1. The zero-order valence-corrected chi connectivity index (χ0v) is 17.0. The van der Waals surface area contributed by atoms with E-state index < -0.39 is 5.60 Å². The lowest BCUT2D eigenvalue weighted by Crippen LogP contribution is -2.48. The Hall–Kier alpha value is -2.21. The number of amides is 1. The van der Waals surface area contributed by atoms with Crippen LogP contribution in [0.4, 0.5) is 4.39 Å². The van der Waals surface area contributed by atoms with Crippen LogP contribution < -0.4 is 10.1 Å². The summed E-state index contributed by atoms with van der Waals surface area (Å²) in [5.74, 6) is 0.657. The third-order valence-corrected chi connectivity index (χ3v) is 6.47. The van der Waals surface area contributed by atoms with E-state index in [4.69, 9.17) is 4.74 Å². The number of fused-ring (bicyclic) bond motifs is 1. The fourth-order valence-corrected chi connectivity index (χ4v) is 4.52.